The fraction of sp³-hybridized carbons (Fsp3) is 0.500. The number of hydrogen-bond acceptors (Lipinski definition) is 3. The van der Waals surface area contributed by atoms with Crippen LogP contribution in [0.2, 0.25) is 0 Å². The smallest absolute Gasteiger partial charge is 0.258 e. The fourth-order valence-electron chi connectivity index (χ4n) is 1.67. The van der Waals surface area contributed by atoms with Crippen molar-refractivity contribution in [3.63, 3.8) is 0 Å². The molecule has 0 fully saturated rings. The second kappa shape index (κ2) is 8.29. The summed E-state index contributed by atoms with van der Waals surface area (Å²) >= 11 is 0. The molecule has 0 saturated heterocycles. The van der Waals surface area contributed by atoms with Gasteiger partial charge in [-0.1, -0.05) is 26.0 Å². The van der Waals surface area contributed by atoms with Crippen LogP contribution >= 0.6 is 0 Å². The minimum Gasteiger partial charge on any atom is -0.483 e. The molecule has 1 aromatic rings. The van der Waals surface area contributed by atoms with Gasteiger partial charge in [-0.2, -0.15) is 0 Å². The molecular weight excluding hydrogens is 268 g/mol. The normalized spacial score (nSPS) is 10.3. The molecule has 1 rings (SSSR count). The van der Waals surface area contributed by atoms with Crippen LogP contribution in [0.5, 0.6) is 5.75 Å². The van der Waals surface area contributed by atoms with Crippen LogP contribution in [0.4, 0.5) is 0 Å². The average Bonchev–Trinajstić information content (AvgIpc) is 2.44. The Kier molecular flexibility index (Phi) is 6.72. The Morgan fingerprint density at radius 3 is 2.48 bits per heavy atom. The van der Waals surface area contributed by atoms with Crippen LogP contribution in [-0.4, -0.2) is 31.5 Å². The zero-order valence-corrected chi connectivity index (χ0v) is 13.2. The lowest BCUT2D eigenvalue weighted by molar-refractivity contribution is -0.125. The summed E-state index contributed by atoms with van der Waals surface area (Å²) in [7, 11) is 0. The first-order chi connectivity index (χ1) is 9.91. The monoisotopic (exact) mass is 292 g/mol. The number of aryl methyl sites for hydroxylation is 1. The average molecular weight is 292 g/mol. The molecule has 0 aliphatic carbocycles. The van der Waals surface area contributed by atoms with E-state index in [0.29, 0.717) is 13.1 Å². The number of rotatable bonds is 7. The van der Waals surface area contributed by atoms with Gasteiger partial charge in [0.1, 0.15) is 5.75 Å². The summed E-state index contributed by atoms with van der Waals surface area (Å²) in [4.78, 5) is 23.0. The van der Waals surface area contributed by atoms with Gasteiger partial charge in [0.25, 0.3) is 5.91 Å². The second-order valence-corrected chi connectivity index (χ2v) is 5.28. The molecule has 2 N–H and O–H groups in total. The predicted octanol–water partition coefficient (Wildman–Crippen LogP) is 1.57. The molecule has 5 heteroatoms. The molecule has 0 aliphatic rings. The van der Waals surface area contributed by atoms with Gasteiger partial charge in [-0.05, 0) is 31.0 Å². The number of ether oxygens (including phenoxy) is 1. The van der Waals surface area contributed by atoms with Crippen molar-refractivity contribution in [1.29, 1.82) is 0 Å². The van der Waals surface area contributed by atoms with Gasteiger partial charge in [0.05, 0.1) is 0 Å². The molecule has 21 heavy (non-hydrogen) atoms. The van der Waals surface area contributed by atoms with E-state index in [0.717, 1.165) is 16.9 Å². The minimum atomic E-state index is -0.199. The van der Waals surface area contributed by atoms with Gasteiger partial charge in [-0.3, -0.25) is 9.59 Å². The highest BCUT2D eigenvalue weighted by atomic mass is 16.5. The third kappa shape index (κ3) is 5.85. The molecule has 0 aliphatic heterocycles. The van der Waals surface area contributed by atoms with Crippen molar-refractivity contribution < 1.29 is 14.3 Å². The molecule has 0 unspecified atom stereocenters. The van der Waals surface area contributed by atoms with E-state index in [-0.39, 0.29) is 24.3 Å². The third-order valence-electron chi connectivity index (χ3n) is 3.18. The topological polar surface area (TPSA) is 67.4 Å². The molecule has 1 aromatic carbocycles. The Hall–Kier alpha value is -2.04. The van der Waals surface area contributed by atoms with Crippen LogP contribution in [0.3, 0.4) is 0 Å². The van der Waals surface area contributed by atoms with Crippen LogP contribution in [0, 0.1) is 19.8 Å². The maximum absolute atomic E-state index is 11.6. The zero-order valence-electron chi connectivity index (χ0n) is 13.2. The highest BCUT2D eigenvalue weighted by Gasteiger charge is 2.07. The fourth-order valence-corrected chi connectivity index (χ4v) is 1.67. The quantitative estimate of drug-likeness (QED) is 0.750. The van der Waals surface area contributed by atoms with Gasteiger partial charge >= 0.3 is 0 Å². The highest BCUT2D eigenvalue weighted by Crippen LogP contribution is 2.20. The Bertz CT molecular complexity index is 498. The van der Waals surface area contributed by atoms with Gasteiger partial charge < -0.3 is 15.4 Å². The van der Waals surface area contributed by atoms with E-state index in [1.165, 1.54) is 0 Å². The van der Waals surface area contributed by atoms with Crippen molar-refractivity contribution in [2.75, 3.05) is 19.7 Å². The third-order valence-corrected chi connectivity index (χ3v) is 3.18. The van der Waals surface area contributed by atoms with Crippen molar-refractivity contribution >= 4 is 11.8 Å². The summed E-state index contributed by atoms with van der Waals surface area (Å²) in [6.45, 7) is 8.41. The van der Waals surface area contributed by atoms with Gasteiger partial charge in [0.15, 0.2) is 6.61 Å². The molecular formula is C16H24N2O3. The lowest BCUT2D eigenvalue weighted by Crippen LogP contribution is -2.38. The maximum Gasteiger partial charge on any atom is 0.258 e. The molecule has 2 amide bonds. The number of benzene rings is 1. The lowest BCUT2D eigenvalue weighted by atomic mass is 10.1. The van der Waals surface area contributed by atoms with Crippen molar-refractivity contribution in [2.45, 2.75) is 27.7 Å². The van der Waals surface area contributed by atoms with Gasteiger partial charge in [0, 0.05) is 19.0 Å². The molecule has 0 saturated carbocycles. The van der Waals surface area contributed by atoms with E-state index in [2.05, 4.69) is 10.6 Å². The first-order valence-corrected chi connectivity index (χ1v) is 7.15. The van der Waals surface area contributed by atoms with E-state index in [1.54, 1.807) is 0 Å². The number of carbonyl (C=O) groups excluding carboxylic acids is 2. The van der Waals surface area contributed by atoms with Crippen LogP contribution in [0.25, 0.3) is 0 Å². The van der Waals surface area contributed by atoms with E-state index in [4.69, 9.17) is 4.74 Å². The molecule has 0 heterocycles. The second-order valence-electron chi connectivity index (χ2n) is 5.28. The zero-order chi connectivity index (χ0) is 15.8. The number of nitrogens with one attached hydrogen (secondary N) is 2. The van der Waals surface area contributed by atoms with Gasteiger partial charge in [0.2, 0.25) is 5.91 Å². The van der Waals surface area contributed by atoms with Crippen LogP contribution < -0.4 is 15.4 Å². The molecule has 0 bridgehead atoms. The number of carbonyl (C=O) groups is 2. The molecule has 0 atom stereocenters. The lowest BCUT2D eigenvalue weighted by Gasteiger charge is -2.11. The first-order valence-electron chi connectivity index (χ1n) is 7.15. The Morgan fingerprint density at radius 2 is 1.81 bits per heavy atom. The van der Waals surface area contributed by atoms with Crippen LogP contribution in [0.15, 0.2) is 18.2 Å². The van der Waals surface area contributed by atoms with Crippen molar-refractivity contribution in [2.24, 2.45) is 5.92 Å². The highest BCUT2D eigenvalue weighted by molar-refractivity contribution is 5.78. The van der Waals surface area contributed by atoms with Crippen molar-refractivity contribution in [3.05, 3.63) is 29.3 Å². The number of amides is 2. The van der Waals surface area contributed by atoms with Crippen molar-refractivity contribution in [1.82, 2.24) is 10.6 Å². The molecule has 5 nitrogen and oxygen atoms in total. The Labute approximate surface area is 126 Å². The molecule has 0 spiro atoms. The van der Waals surface area contributed by atoms with Crippen LogP contribution in [0.1, 0.15) is 25.0 Å². The first kappa shape index (κ1) is 17.0. The van der Waals surface area contributed by atoms with E-state index >= 15 is 0 Å². The Morgan fingerprint density at radius 1 is 1.14 bits per heavy atom. The largest absolute Gasteiger partial charge is 0.483 e. The minimum absolute atomic E-state index is 0.0177. The number of hydrogen-bond donors (Lipinski definition) is 2. The summed E-state index contributed by atoms with van der Waals surface area (Å²) < 4.78 is 5.50. The van der Waals surface area contributed by atoms with E-state index in [1.807, 2.05) is 45.9 Å². The van der Waals surface area contributed by atoms with Crippen LogP contribution in [-0.2, 0) is 9.59 Å². The van der Waals surface area contributed by atoms with E-state index in [9.17, 15) is 9.59 Å². The summed E-state index contributed by atoms with van der Waals surface area (Å²) in [5, 5.41) is 5.44. The summed E-state index contributed by atoms with van der Waals surface area (Å²) in [5.41, 5.74) is 2.17. The maximum atomic E-state index is 11.6. The molecule has 0 radical (unpaired) electrons. The summed E-state index contributed by atoms with van der Waals surface area (Å²) in [5.74, 6) is 0.456. The standard InChI is InChI=1S/C16H24N2O3/c1-11(2)16(20)18-9-8-17-15(19)10-21-14-7-5-6-12(3)13(14)4/h5-7,11H,8-10H2,1-4H3,(H,17,19)(H,18,20). The predicted molar refractivity (Wildman–Crippen MR) is 82.3 cm³/mol. The summed E-state index contributed by atoms with van der Waals surface area (Å²) in [6.07, 6.45) is 0. The Balaban J connectivity index is 2.26. The molecule has 116 valence electrons. The van der Waals surface area contributed by atoms with E-state index < -0.39 is 0 Å². The molecule has 0 aromatic heterocycles. The van der Waals surface area contributed by atoms with Crippen molar-refractivity contribution in [3.8, 4) is 5.75 Å². The van der Waals surface area contributed by atoms with Gasteiger partial charge in [-0.25, -0.2) is 0 Å². The van der Waals surface area contributed by atoms with Gasteiger partial charge in [-0.15, -0.1) is 0 Å². The summed E-state index contributed by atoms with van der Waals surface area (Å²) in [6, 6.07) is 5.75. The SMILES string of the molecule is Cc1cccc(OCC(=O)NCCNC(=O)C(C)C)c1C.